The second-order valence-corrected chi connectivity index (χ2v) is 7.31. The van der Waals surface area contributed by atoms with Crippen LogP contribution in [0.4, 0.5) is 16.6 Å². The lowest BCUT2D eigenvalue weighted by atomic mass is 10.0. The number of fused-ring (bicyclic) bond motifs is 1. The summed E-state index contributed by atoms with van der Waals surface area (Å²) < 4.78 is 6.94. The van der Waals surface area contributed by atoms with E-state index in [-0.39, 0.29) is 24.1 Å². The van der Waals surface area contributed by atoms with Crippen LogP contribution in [0.25, 0.3) is 4.96 Å². The van der Waals surface area contributed by atoms with Crippen molar-refractivity contribution in [1.82, 2.24) is 24.6 Å². The van der Waals surface area contributed by atoms with Gasteiger partial charge >= 0.3 is 6.09 Å². The Bertz CT molecular complexity index is 909. The van der Waals surface area contributed by atoms with Crippen LogP contribution >= 0.6 is 11.3 Å². The van der Waals surface area contributed by atoms with Crippen molar-refractivity contribution < 1.29 is 9.53 Å². The summed E-state index contributed by atoms with van der Waals surface area (Å²) in [7, 11) is 0. The van der Waals surface area contributed by atoms with E-state index in [0.717, 1.165) is 10.7 Å². The molecule has 1 N–H and O–H groups in total. The van der Waals surface area contributed by atoms with Crippen molar-refractivity contribution in [2.45, 2.75) is 32.9 Å². The van der Waals surface area contributed by atoms with Gasteiger partial charge in [0.1, 0.15) is 17.9 Å². The van der Waals surface area contributed by atoms with Gasteiger partial charge in [0.25, 0.3) is 0 Å². The maximum Gasteiger partial charge on any atom is 0.415 e. The molecule has 0 bridgehead atoms. The molecule has 1 aliphatic heterocycles. The Morgan fingerprint density at radius 3 is 2.96 bits per heavy atom. The summed E-state index contributed by atoms with van der Waals surface area (Å²) in [6, 6.07) is 1.58. The van der Waals surface area contributed by atoms with Crippen LogP contribution in [0.3, 0.4) is 0 Å². The summed E-state index contributed by atoms with van der Waals surface area (Å²) >= 11 is 1.48. The van der Waals surface area contributed by atoms with Crippen molar-refractivity contribution in [2.24, 2.45) is 5.92 Å². The number of hydrogen-bond acceptors (Lipinski definition) is 8. The molecule has 1 saturated heterocycles. The first kappa shape index (κ1) is 16.7. The first-order valence-electron chi connectivity index (χ1n) is 8.37. The van der Waals surface area contributed by atoms with E-state index in [0.29, 0.717) is 18.4 Å². The van der Waals surface area contributed by atoms with Crippen LogP contribution < -0.4 is 10.2 Å². The first-order chi connectivity index (χ1) is 12.5. The monoisotopic (exact) mass is 373 g/mol. The van der Waals surface area contributed by atoms with Crippen molar-refractivity contribution in [3.8, 4) is 0 Å². The first-order valence-corrected chi connectivity index (χ1v) is 9.25. The molecule has 136 valence electrons. The molecule has 26 heavy (non-hydrogen) atoms. The van der Waals surface area contributed by atoms with Gasteiger partial charge in [0.05, 0.1) is 24.0 Å². The number of nitrogens with one attached hydrogen (secondary N) is 1. The molecule has 1 fully saturated rings. The maximum atomic E-state index is 12.1. The summed E-state index contributed by atoms with van der Waals surface area (Å²) in [6.45, 7) is 6.46. The Hall–Kier alpha value is -2.75. The van der Waals surface area contributed by atoms with Gasteiger partial charge in [-0.3, -0.25) is 4.90 Å². The molecule has 3 aromatic heterocycles. The third-order valence-corrected chi connectivity index (χ3v) is 5.05. The van der Waals surface area contributed by atoms with Gasteiger partial charge in [0.2, 0.25) is 10.9 Å². The van der Waals surface area contributed by atoms with Gasteiger partial charge in [0.15, 0.2) is 0 Å². The molecule has 0 spiro atoms. The van der Waals surface area contributed by atoms with Crippen LogP contribution in [0, 0.1) is 5.92 Å². The van der Waals surface area contributed by atoms with Gasteiger partial charge in [-0.25, -0.2) is 19.3 Å². The largest absolute Gasteiger partial charge is 0.447 e. The Balaban J connectivity index is 1.55. The zero-order chi connectivity index (χ0) is 18.3. The van der Waals surface area contributed by atoms with E-state index in [1.54, 1.807) is 27.2 Å². The third kappa shape index (κ3) is 2.96. The maximum absolute atomic E-state index is 12.1. The summed E-state index contributed by atoms with van der Waals surface area (Å²) in [4.78, 5) is 27.8. The standard InChI is InChI=1S/C16H19N7O2S/c1-9(2)12-7-25-16(24)23(12)13-4-5-17-14(21-13)19-10(3)11-6-22-15(20-11)26-8-18-22/h4-6,8-10,12H,7H2,1-3H3,(H,17,19,21)/t10-,12+/m0/s1. The number of amides is 1. The number of rotatable bonds is 5. The normalized spacial score (nSPS) is 18.5. The van der Waals surface area contributed by atoms with Gasteiger partial charge in [-0.05, 0) is 18.9 Å². The van der Waals surface area contributed by atoms with Gasteiger partial charge in [-0.2, -0.15) is 10.1 Å². The van der Waals surface area contributed by atoms with Gasteiger partial charge in [-0.1, -0.05) is 25.2 Å². The predicted octanol–water partition coefficient (Wildman–Crippen LogP) is 2.74. The number of anilines is 2. The number of aromatic nitrogens is 5. The van der Waals surface area contributed by atoms with Crippen molar-refractivity contribution in [1.29, 1.82) is 0 Å². The second-order valence-electron chi connectivity index (χ2n) is 6.49. The molecule has 9 nitrogen and oxygen atoms in total. The highest BCUT2D eigenvalue weighted by Crippen LogP contribution is 2.26. The summed E-state index contributed by atoms with van der Waals surface area (Å²) in [5.74, 6) is 1.22. The van der Waals surface area contributed by atoms with E-state index in [1.807, 2.05) is 13.1 Å². The Morgan fingerprint density at radius 1 is 1.35 bits per heavy atom. The van der Waals surface area contributed by atoms with E-state index in [1.165, 1.54) is 11.3 Å². The smallest absolute Gasteiger partial charge is 0.415 e. The Labute approximate surface area is 154 Å². The Morgan fingerprint density at radius 2 is 2.19 bits per heavy atom. The molecular weight excluding hydrogens is 354 g/mol. The highest BCUT2D eigenvalue weighted by atomic mass is 32.1. The zero-order valence-corrected chi connectivity index (χ0v) is 15.5. The molecule has 0 aliphatic carbocycles. The number of ether oxygens (including phenoxy) is 1. The molecule has 1 aliphatic rings. The van der Waals surface area contributed by atoms with Gasteiger partial charge < -0.3 is 10.1 Å². The highest BCUT2D eigenvalue weighted by molar-refractivity contribution is 7.14. The van der Waals surface area contributed by atoms with Gasteiger partial charge in [-0.15, -0.1) is 0 Å². The number of imidazole rings is 1. The van der Waals surface area contributed by atoms with Crippen LogP contribution in [-0.2, 0) is 4.74 Å². The minimum atomic E-state index is -0.373. The summed E-state index contributed by atoms with van der Waals surface area (Å²) in [5.41, 5.74) is 2.59. The predicted molar refractivity (Wildman–Crippen MR) is 97.4 cm³/mol. The molecule has 10 heteroatoms. The summed E-state index contributed by atoms with van der Waals surface area (Å²) in [5, 5.41) is 7.42. The number of carbonyl (C=O) groups excluding carboxylic acids is 1. The van der Waals surface area contributed by atoms with Crippen LogP contribution in [0.5, 0.6) is 0 Å². The molecule has 0 aromatic carbocycles. The molecular formula is C16H19N7O2S. The lowest BCUT2D eigenvalue weighted by Crippen LogP contribution is -2.37. The Kier molecular flexibility index (Phi) is 4.19. The molecule has 3 aromatic rings. The molecule has 4 rings (SSSR count). The number of cyclic esters (lactones) is 1. The molecule has 2 atom stereocenters. The number of carbonyl (C=O) groups is 1. The molecule has 1 amide bonds. The average molecular weight is 373 g/mol. The molecule has 0 radical (unpaired) electrons. The third-order valence-electron chi connectivity index (χ3n) is 4.36. The minimum absolute atomic E-state index is 0.0336. The topological polar surface area (TPSA) is 97.5 Å². The highest BCUT2D eigenvalue weighted by Gasteiger charge is 2.37. The number of nitrogens with zero attached hydrogens (tertiary/aromatic N) is 6. The quantitative estimate of drug-likeness (QED) is 0.734. The van der Waals surface area contributed by atoms with Gasteiger partial charge in [0, 0.05) is 6.20 Å². The second kappa shape index (κ2) is 6.52. The fourth-order valence-corrected chi connectivity index (χ4v) is 3.48. The van der Waals surface area contributed by atoms with E-state index in [9.17, 15) is 4.79 Å². The molecule has 4 heterocycles. The van der Waals surface area contributed by atoms with E-state index < -0.39 is 0 Å². The average Bonchev–Trinajstić information content (AvgIpc) is 3.28. The van der Waals surface area contributed by atoms with Crippen LogP contribution in [0.15, 0.2) is 24.0 Å². The van der Waals surface area contributed by atoms with Crippen LogP contribution in [0.2, 0.25) is 0 Å². The van der Waals surface area contributed by atoms with Crippen molar-refractivity contribution >= 4 is 34.2 Å². The van der Waals surface area contributed by atoms with Crippen molar-refractivity contribution in [3.05, 3.63) is 29.7 Å². The lowest BCUT2D eigenvalue weighted by molar-refractivity contribution is 0.177. The van der Waals surface area contributed by atoms with Crippen molar-refractivity contribution in [3.63, 3.8) is 0 Å². The summed E-state index contributed by atoms with van der Waals surface area (Å²) in [6.07, 6.45) is 3.13. The minimum Gasteiger partial charge on any atom is -0.447 e. The van der Waals surface area contributed by atoms with Crippen LogP contribution in [0.1, 0.15) is 32.5 Å². The molecule has 0 unspecified atom stereocenters. The van der Waals surface area contributed by atoms with E-state index in [2.05, 4.69) is 39.2 Å². The van der Waals surface area contributed by atoms with E-state index >= 15 is 0 Å². The molecule has 0 saturated carbocycles. The fourth-order valence-electron chi connectivity index (χ4n) is 2.87. The fraction of sp³-hybridized carbons (Fsp3) is 0.438. The van der Waals surface area contributed by atoms with Crippen LogP contribution in [-0.4, -0.2) is 43.3 Å². The number of hydrogen-bond donors (Lipinski definition) is 1. The SMILES string of the molecule is CC(C)[C@H]1COC(=O)N1c1ccnc(N[C@@H](C)c2cn3ncsc3n2)n1. The zero-order valence-electron chi connectivity index (χ0n) is 14.7. The van der Waals surface area contributed by atoms with E-state index in [4.69, 9.17) is 4.74 Å². The van der Waals surface area contributed by atoms with Crippen molar-refractivity contribution in [2.75, 3.05) is 16.8 Å². The lowest BCUT2D eigenvalue weighted by Gasteiger charge is -2.23.